The van der Waals surface area contributed by atoms with Crippen molar-refractivity contribution in [3.63, 3.8) is 0 Å². The molecule has 0 unspecified atom stereocenters. The summed E-state index contributed by atoms with van der Waals surface area (Å²) in [6, 6.07) is 7.73. The van der Waals surface area contributed by atoms with E-state index in [1.165, 1.54) is 0 Å². The van der Waals surface area contributed by atoms with Gasteiger partial charge in [-0.05, 0) is 30.4 Å². The number of benzene rings is 1. The predicted octanol–water partition coefficient (Wildman–Crippen LogP) is 2.37. The van der Waals surface area contributed by atoms with Crippen molar-refractivity contribution >= 4 is 38.9 Å². The van der Waals surface area contributed by atoms with Crippen LogP contribution in [0.5, 0.6) is 0 Å². The zero-order valence-electron chi connectivity index (χ0n) is 7.38. The number of halogens is 1. The van der Waals surface area contributed by atoms with Gasteiger partial charge in [-0.25, -0.2) is 0 Å². The molecule has 0 atom stereocenters. The lowest BCUT2D eigenvalue weighted by Crippen LogP contribution is -2.28. The monoisotopic (exact) mass is 268 g/mol. The number of hydrogen-bond donors (Lipinski definition) is 2. The molecule has 0 aliphatic rings. The standard InChI is InChI=1S/C10H9BrN2S/c1-2-6-12-10(14)13-9-5-3-4-8(11)7-9/h1,3-5,7H,6H2,(H2,12,13,14). The second-order valence-electron chi connectivity index (χ2n) is 2.52. The van der Waals surface area contributed by atoms with Gasteiger partial charge in [-0.3, -0.25) is 0 Å². The van der Waals surface area contributed by atoms with Crippen LogP contribution in [0.1, 0.15) is 0 Å². The molecule has 1 aromatic carbocycles. The van der Waals surface area contributed by atoms with Gasteiger partial charge in [0.25, 0.3) is 0 Å². The van der Waals surface area contributed by atoms with E-state index in [1.807, 2.05) is 24.3 Å². The van der Waals surface area contributed by atoms with Gasteiger partial charge in [-0.2, -0.15) is 0 Å². The van der Waals surface area contributed by atoms with Gasteiger partial charge in [-0.15, -0.1) is 6.42 Å². The van der Waals surface area contributed by atoms with Crippen LogP contribution in [0.4, 0.5) is 5.69 Å². The summed E-state index contributed by atoms with van der Waals surface area (Å²) in [4.78, 5) is 0. The minimum atomic E-state index is 0.430. The summed E-state index contributed by atoms with van der Waals surface area (Å²) in [5.41, 5.74) is 0.925. The number of nitrogens with one attached hydrogen (secondary N) is 2. The van der Waals surface area contributed by atoms with Gasteiger partial charge in [-0.1, -0.05) is 27.9 Å². The molecule has 1 aromatic rings. The molecule has 1 rings (SSSR count). The van der Waals surface area contributed by atoms with E-state index in [0.717, 1.165) is 10.2 Å². The van der Waals surface area contributed by atoms with Crippen LogP contribution in [0.3, 0.4) is 0 Å². The third kappa shape index (κ3) is 3.77. The number of rotatable bonds is 2. The Kier molecular flexibility index (Phi) is 4.44. The fourth-order valence-corrected chi connectivity index (χ4v) is 1.46. The van der Waals surface area contributed by atoms with Crippen LogP contribution in [0.25, 0.3) is 0 Å². The van der Waals surface area contributed by atoms with E-state index in [2.05, 4.69) is 32.5 Å². The van der Waals surface area contributed by atoms with Crippen LogP contribution in [0.15, 0.2) is 28.7 Å². The van der Waals surface area contributed by atoms with Gasteiger partial charge < -0.3 is 10.6 Å². The quantitative estimate of drug-likeness (QED) is 0.636. The van der Waals surface area contributed by atoms with E-state index in [1.54, 1.807) is 0 Å². The highest BCUT2D eigenvalue weighted by Gasteiger charge is 1.95. The molecule has 0 spiro atoms. The van der Waals surface area contributed by atoms with E-state index in [9.17, 15) is 0 Å². The molecule has 4 heteroatoms. The maximum absolute atomic E-state index is 5.09. The molecule has 0 aliphatic carbocycles. The molecule has 0 saturated carbocycles. The lowest BCUT2D eigenvalue weighted by molar-refractivity contribution is 1.09. The molecule has 14 heavy (non-hydrogen) atoms. The van der Waals surface area contributed by atoms with Crippen LogP contribution in [-0.2, 0) is 0 Å². The molecule has 2 N–H and O–H groups in total. The molecule has 0 aliphatic heterocycles. The van der Waals surface area contributed by atoms with Crippen molar-refractivity contribution in [2.24, 2.45) is 0 Å². The second kappa shape index (κ2) is 5.63. The number of hydrogen-bond acceptors (Lipinski definition) is 1. The fraction of sp³-hybridized carbons (Fsp3) is 0.100. The van der Waals surface area contributed by atoms with Gasteiger partial charge in [0.15, 0.2) is 5.11 Å². The second-order valence-corrected chi connectivity index (χ2v) is 3.85. The summed E-state index contributed by atoms with van der Waals surface area (Å²) in [5.74, 6) is 2.45. The smallest absolute Gasteiger partial charge is 0.171 e. The van der Waals surface area contributed by atoms with Gasteiger partial charge in [0, 0.05) is 10.2 Å². The first-order valence-electron chi connectivity index (χ1n) is 3.96. The minimum Gasteiger partial charge on any atom is -0.352 e. The molecule has 0 aromatic heterocycles. The van der Waals surface area contributed by atoms with Gasteiger partial charge in [0.05, 0.1) is 6.54 Å². The average molecular weight is 269 g/mol. The third-order valence-corrected chi connectivity index (χ3v) is 2.17. The molecule has 72 valence electrons. The first-order chi connectivity index (χ1) is 6.72. The third-order valence-electron chi connectivity index (χ3n) is 1.43. The fourth-order valence-electron chi connectivity index (χ4n) is 0.873. The molecule has 0 bridgehead atoms. The van der Waals surface area contributed by atoms with Crippen LogP contribution < -0.4 is 10.6 Å². The summed E-state index contributed by atoms with van der Waals surface area (Å²) >= 11 is 8.38. The van der Waals surface area contributed by atoms with Crippen LogP contribution in [-0.4, -0.2) is 11.7 Å². The summed E-state index contributed by atoms with van der Waals surface area (Å²) < 4.78 is 1.00. The van der Waals surface area contributed by atoms with Crippen molar-refractivity contribution in [1.82, 2.24) is 5.32 Å². The lowest BCUT2D eigenvalue weighted by atomic mass is 10.3. The number of anilines is 1. The molecular weight excluding hydrogens is 260 g/mol. The summed E-state index contributed by atoms with van der Waals surface area (Å²) in [7, 11) is 0. The molecular formula is C10H9BrN2S. The highest BCUT2D eigenvalue weighted by atomic mass is 79.9. The van der Waals surface area contributed by atoms with Crippen molar-refractivity contribution < 1.29 is 0 Å². The maximum Gasteiger partial charge on any atom is 0.171 e. The molecule has 2 nitrogen and oxygen atoms in total. The van der Waals surface area contributed by atoms with Gasteiger partial charge in [0.2, 0.25) is 0 Å². The molecule has 0 heterocycles. The predicted molar refractivity (Wildman–Crippen MR) is 67.2 cm³/mol. The zero-order chi connectivity index (χ0) is 10.4. The largest absolute Gasteiger partial charge is 0.352 e. The van der Waals surface area contributed by atoms with Crippen molar-refractivity contribution in [1.29, 1.82) is 0 Å². The molecule has 0 saturated heterocycles. The summed E-state index contributed by atoms with van der Waals surface area (Å²) in [5, 5.41) is 6.41. The first kappa shape index (κ1) is 11.0. The Bertz CT molecular complexity index is 371. The van der Waals surface area contributed by atoms with Crippen molar-refractivity contribution in [3.05, 3.63) is 28.7 Å². The van der Waals surface area contributed by atoms with Crippen LogP contribution >= 0.6 is 28.1 Å². The Labute approximate surface area is 97.2 Å². The van der Waals surface area contributed by atoms with E-state index >= 15 is 0 Å². The van der Waals surface area contributed by atoms with Crippen LogP contribution in [0.2, 0.25) is 0 Å². The summed E-state index contributed by atoms with van der Waals surface area (Å²) in [6.45, 7) is 0.430. The zero-order valence-corrected chi connectivity index (χ0v) is 9.78. The normalized spacial score (nSPS) is 8.86. The summed E-state index contributed by atoms with van der Waals surface area (Å²) in [6.07, 6.45) is 5.09. The molecule has 0 fully saturated rings. The Balaban J connectivity index is 2.53. The number of terminal acetylenes is 1. The van der Waals surface area contributed by atoms with E-state index in [0.29, 0.717) is 11.7 Å². The van der Waals surface area contributed by atoms with Crippen molar-refractivity contribution in [2.75, 3.05) is 11.9 Å². The van der Waals surface area contributed by atoms with Gasteiger partial charge >= 0.3 is 0 Å². The van der Waals surface area contributed by atoms with E-state index < -0.39 is 0 Å². The minimum absolute atomic E-state index is 0.430. The average Bonchev–Trinajstić information content (AvgIpc) is 2.15. The molecule has 0 amide bonds. The lowest BCUT2D eigenvalue weighted by Gasteiger charge is -2.08. The molecule has 0 radical (unpaired) electrons. The first-order valence-corrected chi connectivity index (χ1v) is 5.16. The Morgan fingerprint density at radius 1 is 1.57 bits per heavy atom. The van der Waals surface area contributed by atoms with Crippen molar-refractivity contribution in [2.45, 2.75) is 0 Å². The Morgan fingerprint density at radius 3 is 3.00 bits per heavy atom. The maximum atomic E-state index is 5.09. The Hall–Kier alpha value is -1.05. The number of thiocarbonyl (C=S) groups is 1. The highest BCUT2D eigenvalue weighted by Crippen LogP contribution is 2.15. The SMILES string of the molecule is C#CCNC(=S)Nc1cccc(Br)c1. The van der Waals surface area contributed by atoms with E-state index in [-0.39, 0.29) is 0 Å². The topological polar surface area (TPSA) is 24.1 Å². The van der Waals surface area contributed by atoms with Gasteiger partial charge in [0.1, 0.15) is 0 Å². The Morgan fingerprint density at radius 2 is 2.36 bits per heavy atom. The van der Waals surface area contributed by atoms with E-state index in [4.69, 9.17) is 18.6 Å². The van der Waals surface area contributed by atoms with Crippen LogP contribution in [0, 0.1) is 12.3 Å². The highest BCUT2D eigenvalue weighted by molar-refractivity contribution is 9.10. The van der Waals surface area contributed by atoms with Crippen molar-refractivity contribution in [3.8, 4) is 12.3 Å².